The summed E-state index contributed by atoms with van der Waals surface area (Å²) in [7, 11) is 2.12. The van der Waals surface area contributed by atoms with Crippen LogP contribution in [0.15, 0.2) is 42.5 Å². The summed E-state index contributed by atoms with van der Waals surface area (Å²) < 4.78 is 0. The van der Waals surface area contributed by atoms with Crippen LogP contribution in [0.3, 0.4) is 0 Å². The summed E-state index contributed by atoms with van der Waals surface area (Å²) in [4.78, 5) is 4.44. The zero-order valence-electron chi connectivity index (χ0n) is 13.0. The van der Waals surface area contributed by atoms with Crippen LogP contribution in [0.25, 0.3) is 0 Å². The predicted octanol–water partition coefficient (Wildman–Crippen LogP) is 3.12. The van der Waals surface area contributed by atoms with Crippen LogP contribution >= 0.6 is 0 Å². The molecule has 0 radical (unpaired) electrons. The van der Waals surface area contributed by atoms with Gasteiger partial charge in [0, 0.05) is 37.2 Å². The van der Waals surface area contributed by atoms with Gasteiger partial charge >= 0.3 is 0 Å². The first kappa shape index (κ1) is 13.6. The van der Waals surface area contributed by atoms with Crippen molar-refractivity contribution in [2.75, 3.05) is 29.9 Å². The minimum absolute atomic E-state index is 0.159. The number of fused-ring (bicyclic) bond motifs is 1. The van der Waals surface area contributed by atoms with Gasteiger partial charge in [-0.3, -0.25) is 0 Å². The van der Waals surface area contributed by atoms with Crippen LogP contribution in [0.4, 0.5) is 17.1 Å². The highest BCUT2D eigenvalue weighted by atomic mass is 16.3. The van der Waals surface area contributed by atoms with Crippen molar-refractivity contribution in [1.82, 2.24) is 0 Å². The number of aliphatic hydroxyl groups excluding tert-OH is 1. The Kier molecular flexibility index (Phi) is 3.30. The monoisotopic (exact) mass is 294 g/mol. The molecule has 3 heteroatoms. The maximum atomic E-state index is 9.40. The quantitative estimate of drug-likeness (QED) is 0.942. The van der Waals surface area contributed by atoms with E-state index in [4.69, 9.17) is 0 Å². The summed E-state index contributed by atoms with van der Waals surface area (Å²) in [6.45, 7) is 1.50. The summed E-state index contributed by atoms with van der Waals surface area (Å²) in [5.41, 5.74) is 6.67. The van der Waals surface area contributed by atoms with Crippen LogP contribution < -0.4 is 9.80 Å². The highest BCUT2D eigenvalue weighted by Gasteiger charge is 2.24. The second kappa shape index (κ2) is 5.33. The van der Waals surface area contributed by atoms with Gasteiger partial charge in [-0.1, -0.05) is 6.07 Å². The first-order chi connectivity index (χ1) is 10.7. The average molecular weight is 294 g/mol. The van der Waals surface area contributed by atoms with E-state index in [0.717, 1.165) is 13.1 Å². The molecule has 2 aromatic rings. The van der Waals surface area contributed by atoms with Crippen LogP contribution in [-0.2, 0) is 12.8 Å². The molecule has 0 unspecified atom stereocenters. The largest absolute Gasteiger partial charge is 0.389 e. The van der Waals surface area contributed by atoms with Crippen molar-refractivity contribution in [2.24, 2.45) is 0 Å². The minimum Gasteiger partial charge on any atom is -0.389 e. The van der Waals surface area contributed by atoms with Crippen molar-refractivity contribution in [3.8, 4) is 0 Å². The molecule has 0 aromatic heterocycles. The fourth-order valence-corrected chi connectivity index (χ4v) is 3.47. The Balaban J connectivity index is 1.53. The number of nitrogens with zero attached hydrogens (tertiary/aromatic N) is 2. The molecular formula is C19H22N2O. The minimum atomic E-state index is -0.159. The Labute approximate surface area is 131 Å². The molecule has 0 spiro atoms. The number of aliphatic hydroxyl groups is 1. The topological polar surface area (TPSA) is 26.7 Å². The molecule has 1 aliphatic heterocycles. The van der Waals surface area contributed by atoms with E-state index in [0.29, 0.717) is 0 Å². The molecular weight excluding hydrogens is 272 g/mol. The molecule has 1 saturated heterocycles. The summed E-state index contributed by atoms with van der Waals surface area (Å²) in [5.74, 6) is 0. The van der Waals surface area contributed by atoms with Gasteiger partial charge in [0.05, 0.1) is 6.10 Å². The Morgan fingerprint density at radius 2 is 1.64 bits per heavy atom. The van der Waals surface area contributed by atoms with Crippen LogP contribution in [0, 0.1) is 0 Å². The molecule has 114 valence electrons. The molecule has 2 aliphatic rings. The molecule has 0 atom stereocenters. The third-order valence-electron chi connectivity index (χ3n) is 4.93. The number of aryl methyl sites for hydroxylation is 2. The smallest absolute Gasteiger partial charge is 0.0889 e. The molecule has 0 saturated carbocycles. The molecule has 1 N–H and O–H groups in total. The lowest BCUT2D eigenvalue weighted by atomic mass is 10.1. The summed E-state index contributed by atoms with van der Waals surface area (Å²) in [6, 6.07) is 15.5. The van der Waals surface area contributed by atoms with Gasteiger partial charge in [-0.15, -0.1) is 0 Å². The van der Waals surface area contributed by atoms with E-state index in [2.05, 4.69) is 59.3 Å². The van der Waals surface area contributed by atoms with Crippen molar-refractivity contribution < 1.29 is 5.11 Å². The van der Waals surface area contributed by atoms with Crippen molar-refractivity contribution in [2.45, 2.75) is 25.4 Å². The maximum Gasteiger partial charge on any atom is 0.0889 e. The van der Waals surface area contributed by atoms with Crippen LogP contribution in [0.5, 0.6) is 0 Å². The van der Waals surface area contributed by atoms with Gasteiger partial charge < -0.3 is 14.9 Å². The number of β-amino-alcohol motifs (C(OH)–C–C–N with tert-alkyl or cyclic N) is 1. The zero-order valence-corrected chi connectivity index (χ0v) is 13.0. The molecule has 0 bridgehead atoms. The lowest BCUT2D eigenvalue weighted by Crippen LogP contribution is -2.50. The van der Waals surface area contributed by atoms with Gasteiger partial charge in [0.2, 0.25) is 0 Å². The van der Waals surface area contributed by atoms with Gasteiger partial charge in [0.1, 0.15) is 0 Å². The van der Waals surface area contributed by atoms with E-state index in [1.165, 1.54) is 47.5 Å². The van der Waals surface area contributed by atoms with Gasteiger partial charge in [0.15, 0.2) is 0 Å². The van der Waals surface area contributed by atoms with Crippen LogP contribution in [0.2, 0.25) is 0 Å². The molecule has 0 amide bonds. The second-order valence-corrected chi connectivity index (χ2v) is 6.44. The van der Waals surface area contributed by atoms with Crippen molar-refractivity contribution in [3.05, 3.63) is 53.6 Å². The molecule has 2 aromatic carbocycles. The highest BCUT2D eigenvalue weighted by Crippen LogP contribution is 2.31. The number of hydrogen-bond acceptors (Lipinski definition) is 3. The number of rotatable bonds is 3. The van der Waals surface area contributed by atoms with E-state index in [1.54, 1.807) is 0 Å². The van der Waals surface area contributed by atoms with E-state index in [9.17, 15) is 5.11 Å². The summed E-state index contributed by atoms with van der Waals surface area (Å²) >= 11 is 0. The molecule has 3 nitrogen and oxygen atoms in total. The van der Waals surface area contributed by atoms with E-state index in [1.807, 2.05) is 0 Å². The van der Waals surface area contributed by atoms with Crippen LogP contribution in [0.1, 0.15) is 17.5 Å². The lowest BCUT2D eigenvalue weighted by Gasteiger charge is -2.38. The normalized spacial score (nSPS) is 17.3. The zero-order chi connectivity index (χ0) is 15.1. The van der Waals surface area contributed by atoms with Crippen molar-refractivity contribution >= 4 is 17.1 Å². The first-order valence-electron chi connectivity index (χ1n) is 8.09. The van der Waals surface area contributed by atoms with Crippen molar-refractivity contribution in [3.63, 3.8) is 0 Å². The Morgan fingerprint density at radius 1 is 0.955 bits per heavy atom. The third kappa shape index (κ3) is 2.35. The average Bonchev–Trinajstić information content (AvgIpc) is 2.99. The SMILES string of the molecule is CN(c1ccc(N2CC(O)C2)cc1)c1ccc2c(c1)CCC2. The van der Waals surface area contributed by atoms with E-state index < -0.39 is 0 Å². The van der Waals surface area contributed by atoms with E-state index in [-0.39, 0.29) is 6.10 Å². The van der Waals surface area contributed by atoms with Gasteiger partial charge in [-0.25, -0.2) is 0 Å². The standard InChI is InChI=1S/C19H22N2O/c1-20(18-6-5-14-3-2-4-15(14)11-18)16-7-9-17(10-8-16)21-12-19(22)13-21/h5-11,19,22H,2-4,12-13H2,1H3. The Hall–Kier alpha value is -2.00. The molecule has 1 aliphatic carbocycles. The van der Waals surface area contributed by atoms with Gasteiger partial charge in [-0.05, 0) is 66.8 Å². The van der Waals surface area contributed by atoms with Gasteiger partial charge in [0.25, 0.3) is 0 Å². The molecule has 1 heterocycles. The number of hydrogen-bond donors (Lipinski definition) is 1. The maximum absolute atomic E-state index is 9.40. The molecule has 4 rings (SSSR count). The van der Waals surface area contributed by atoms with E-state index >= 15 is 0 Å². The number of anilines is 3. The first-order valence-corrected chi connectivity index (χ1v) is 8.09. The highest BCUT2D eigenvalue weighted by molar-refractivity contribution is 5.66. The lowest BCUT2D eigenvalue weighted by molar-refractivity contribution is 0.142. The fraction of sp³-hybridized carbons (Fsp3) is 0.368. The molecule has 22 heavy (non-hydrogen) atoms. The number of benzene rings is 2. The van der Waals surface area contributed by atoms with Gasteiger partial charge in [-0.2, -0.15) is 0 Å². The second-order valence-electron chi connectivity index (χ2n) is 6.44. The van der Waals surface area contributed by atoms with Crippen LogP contribution in [-0.4, -0.2) is 31.3 Å². The predicted molar refractivity (Wildman–Crippen MR) is 91.2 cm³/mol. The molecule has 1 fully saturated rings. The Bertz CT molecular complexity index is 674. The fourth-order valence-electron chi connectivity index (χ4n) is 3.47. The summed E-state index contributed by atoms with van der Waals surface area (Å²) in [5, 5.41) is 9.40. The van der Waals surface area contributed by atoms with Crippen molar-refractivity contribution in [1.29, 1.82) is 0 Å². The summed E-state index contributed by atoms with van der Waals surface area (Å²) in [6.07, 6.45) is 3.58. The third-order valence-corrected chi connectivity index (χ3v) is 4.93. The Morgan fingerprint density at radius 3 is 2.36 bits per heavy atom.